The number of imide groups is 1. The predicted molar refractivity (Wildman–Crippen MR) is 87.7 cm³/mol. The minimum absolute atomic E-state index is 0.0633. The number of rotatable bonds is 3. The number of hydrogen-bond acceptors (Lipinski definition) is 5. The maximum atomic E-state index is 13.0. The van der Waals surface area contributed by atoms with Crippen molar-refractivity contribution >= 4 is 17.8 Å². The molecule has 0 radical (unpaired) electrons. The number of hydrogen-bond donors (Lipinski definition) is 2. The molecule has 0 spiro atoms. The summed E-state index contributed by atoms with van der Waals surface area (Å²) >= 11 is 0. The number of amides is 4. The number of nitrogens with two attached hydrogens (primary N) is 1. The van der Waals surface area contributed by atoms with Gasteiger partial charge in [0.25, 0.3) is 0 Å². The highest BCUT2D eigenvalue weighted by atomic mass is 16.2. The van der Waals surface area contributed by atoms with Crippen LogP contribution < -0.4 is 11.1 Å². The molecule has 0 aromatic heterocycles. The number of fused-ring (bicyclic) bond motifs is 1. The van der Waals surface area contributed by atoms with E-state index in [1.165, 1.54) is 0 Å². The molecule has 3 N–H and O–H groups in total. The second kappa shape index (κ2) is 6.43. The van der Waals surface area contributed by atoms with Crippen LogP contribution in [0.2, 0.25) is 0 Å². The zero-order valence-corrected chi connectivity index (χ0v) is 14.2. The lowest BCUT2D eigenvalue weighted by atomic mass is 10.0. The van der Waals surface area contributed by atoms with Crippen molar-refractivity contribution in [2.24, 2.45) is 5.73 Å². The number of nitrogens with zero attached hydrogens (tertiary/aromatic N) is 3. The van der Waals surface area contributed by atoms with E-state index in [9.17, 15) is 14.4 Å². The van der Waals surface area contributed by atoms with Crippen LogP contribution in [0, 0.1) is 0 Å². The van der Waals surface area contributed by atoms with Crippen LogP contribution in [0.1, 0.15) is 26.2 Å². The van der Waals surface area contributed by atoms with E-state index in [1.54, 1.807) is 16.8 Å². The SMILES string of the molecule is CC1C=C2C(CCN2CCN)N(C2CCC(=O)NC2=O)C(=O)N1C. The standard InChI is InChI=1S/C16H25N5O3/c1-10-9-13-11(5-7-20(13)8-6-17)21(16(24)19(10)2)12-3-4-14(22)18-15(12)23/h9-12H,3-8,17H2,1-2H3,(H,18,22,23). The second-order valence-corrected chi connectivity index (χ2v) is 6.68. The molecule has 3 atom stereocenters. The molecule has 2 fully saturated rings. The molecule has 0 aliphatic carbocycles. The van der Waals surface area contributed by atoms with Crippen molar-refractivity contribution in [3.05, 3.63) is 11.8 Å². The Labute approximate surface area is 141 Å². The van der Waals surface area contributed by atoms with Crippen LogP contribution in [0.4, 0.5) is 4.79 Å². The Balaban J connectivity index is 1.95. The molecule has 3 aliphatic heterocycles. The van der Waals surface area contributed by atoms with Crippen LogP contribution in [-0.4, -0.2) is 77.4 Å². The monoisotopic (exact) mass is 335 g/mol. The average molecular weight is 335 g/mol. The summed E-state index contributed by atoms with van der Waals surface area (Å²) in [6.45, 7) is 4.06. The lowest BCUT2D eigenvalue weighted by Gasteiger charge is -2.38. The van der Waals surface area contributed by atoms with Gasteiger partial charge < -0.3 is 20.4 Å². The minimum Gasteiger partial charge on any atom is -0.372 e. The summed E-state index contributed by atoms with van der Waals surface area (Å²) in [5.41, 5.74) is 6.78. The van der Waals surface area contributed by atoms with Gasteiger partial charge in [-0.1, -0.05) is 0 Å². The van der Waals surface area contributed by atoms with Crippen molar-refractivity contribution in [1.29, 1.82) is 0 Å². The lowest BCUT2D eigenvalue weighted by molar-refractivity contribution is -0.137. The van der Waals surface area contributed by atoms with Crippen molar-refractivity contribution < 1.29 is 14.4 Å². The highest BCUT2D eigenvalue weighted by Gasteiger charge is 2.45. The summed E-state index contributed by atoms with van der Waals surface area (Å²) in [6, 6.07) is -0.968. The Kier molecular flexibility index (Phi) is 4.49. The van der Waals surface area contributed by atoms with Gasteiger partial charge in [0.2, 0.25) is 11.8 Å². The van der Waals surface area contributed by atoms with Gasteiger partial charge in [-0.15, -0.1) is 0 Å². The van der Waals surface area contributed by atoms with Crippen LogP contribution in [0.5, 0.6) is 0 Å². The van der Waals surface area contributed by atoms with Gasteiger partial charge >= 0.3 is 6.03 Å². The quantitative estimate of drug-likeness (QED) is 0.675. The highest BCUT2D eigenvalue weighted by Crippen LogP contribution is 2.33. The van der Waals surface area contributed by atoms with Crippen molar-refractivity contribution in [2.45, 2.75) is 44.3 Å². The third-order valence-corrected chi connectivity index (χ3v) is 5.21. The smallest absolute Gasteiger partial charge is 0.321 e. The summed E-state index contributed by atoms with van der Waals surface area (Å²) in [5, 5.41) is 2.37. The Morgan fingerprint density at radius 1 is 1.25 bits per heavy atom. The van der Waals surface area contributed by atoms with Crippen LogP contribution in [0.3, 0.4) is 0 Å². The number of likely N-dealkylation sites (tertiary alicyclic amines) is 1. The zero-order valence-electron chi connectivity index (χ0n) is 14.2. The molecule has 0 saturated carbocycles. The fourth-order valence-electron chi connectivity index (χ4n) is 3.81. The molecule has 0 bridgehead atoms. The number of piperidine rings is 1. The van der Waals surface area contributed by atoms with Gasteiger partial charge in [0.15, 0.2) is 0 Å². The summed E-state index contributed by atoms with van der Waals surface area (Å²) in [6.07, 6.45) is 3.50. The van der Waals surface area contributed by atoms with Gasteiger partial charge in [-0.2, -0.15) is 0 Å². The van der Waals surface area contributed by atoms with E-state index in [0.717, 1.165) is 25.2 Å². The predicted octanol–water partition coefficient (Wildman–Crippen LogP) is -0.536. The van der Waals surface area contributed by atoms with Gasteiger partial charge in [0.05, 0.1) is 12.1 Å². The largest absolute Gasteiger partial charge is 0.372 e. The summed E-state index contributed by atoms with van der Waals surface area (Å²) < 4.78 is 0. The molecule has 8 nitrogen and oxygen atoms in total. The molecule has 132 valence electrons. The third kappa shape index (κ3) is 2.75. The van der Waals surface area contributed by atoms with Gasteiger partial charge in [-0.05, 0) is 25.8 Å². The van der Waals surface area contributed by atoms with Crippen LogP contribution in [-0.2, 0) is 9.59 Å². The fourth-order valence-corrected chi connectivity index (χ4v) is 3.81. The van der Waals surface area contributed by atoms with Gasteiger partial charge in [-0.25, -0.2) is 4.79 Å². The Hall–Kier alpha value is -2.09. The van der Waals surface area contributed by atoms with E-state index >= 15 is 0 Å². The summed E-state index contributed by atoms with van der Waals surface area (Å²) in [5.74, 6) is -0.647. The van der Waals surface area contributed by atoms with E-state index in [4.69, 9.17) is 5.73 Å². The molecule has 8 heteroatoms. The molecule has 0 aromatic carbocycles. The van der Waals surface area contributed by atoms with Gasteiger partial charge in [0.1, 0.15) is 6.04 Å². The average Bonchev–Trinajstić information content (AvgIpc) is 2.88. The lowest BCUT2D eigenvalue weighted by Crippen LogP contribution is -2.59. The Bertz CT molecular complexity index is 590. The molecule has 3 unspecified atom stereocenters. The van der Waals surface area contributed by atoms with Crippen molar-refractivity contribution in [1.82, 2.24) is 20.0 Å². The molecule has 24 heavy (non-hydrogen) atoms. The first-order chi connectivity index (χ1) is 11.4. The number of carbonyl (C=O) groups excluding carboxylic acids is 3. The molecule has 4 amide bonds. The molecular formula is C16H25N5O3. The third-order valence-electron chi connectivity index (χ3n) is 5.21. The first-order valence-electron chi connectivity index (χ1n) is 8.49. The molecular weight excluding hydrogens is 310 g/mol. The van der Waals surface area contributed by atoms with Crippen molar-refractivity contribution in [3.63, 3.8) is 0 Å². The molecule has 0 aromatic rings. The topological polar surface area (TPSA) is 99.0 Å². The number of likely N-dealkylation sites (N-methyl/N-ethyl adjacent to an activating group) is 1. The first-order valence-corrected chi connectivity index (χ1v) is 8.49. The number of carbonyl (C=O) groups is 3. The zero-order chi connectivity index (χ0) is 17.4. The van der Waals surface area contributed by atoms with E-state index < -0.39 is 6.04 Å². The van der Waals surface area contributed by atoms with E-state index in [1.807, 2.05) is 6.92 Å². The molecule has 3 heterocycles. The fraction of sp³-hybridized carbons (Fsp3) is 0.688. The number of nitrogens with one attached hydrogen (secondary N) is 1. The molecule has 3 rings (SSSR count). The normalized spacial score (nSPS) is 31.0. The van der Waals surface area contributed by atoms with Crippen LogP contribution in [0.25, 0.3) is 0 Å². The highest BCUT2D eigenvalue weighted by molar-refractivity contribution is 6.01. The Morgan fingerprint density at radius 3 is 2.67 bits per heavy atom. The maximum absolute atomic E-state index is 13.0. The summed E-state index contributed by atoms with van der Waals surface area (Å²) in [7, 11) is 1.75. The number of urea groups is 1. The van der Waals surface area contributed by atoms with Gasteiger partial charge in [0, 0.05) is 38.8 Å². The molecule has 2 saturated heterocycles. The van der Waals surface area contributed by atoms with E-state index in [2.05, 4.69) is 16.3 Å². The maximum Gasteiger partial charge on any atom is 0.321 e. The van der Waals surface area contributed by atoms with Crippen LogP contribution >= 0.6 is 0 Å². The van der Waals surface area contributed by atoms with Gasteiger partial charge in [-0.3, -0.25) is 14.9 Å². The first kappa shape index (κ1) is 16.8. The van der Waals surface area contributed by atoms with E-state index in [0.29, 0.717) is 13.0 Å². The minimum atomic E-state index is -0.603. The Morgan fingerprint density at radius 2 is 2.00 bits per heavy atom. The van der Waals surface area contributed by atoms with Crippen LogP contribution in [0.15, 0.2) is 11.8 Å². The van der Waals surface area contributed by atoms with Crippen molar-refractivity contribution in [3.8, 4) is 0 Å². The van der Waals surface area contributed by atoms with E-state index in [-0.39, 0.29) is 36.3 Å². The van der Waals surface area contributed by atoms with Crippen molar-refractivity contribution in [2.75, 3.05) is 26.7 Å². The molecule has 3 aliphatic rings. The second-order valence-electron chi connectivity index (χ2n) is 6.68. The summed E-state index contributed by atoms with van der Waals surface area (Å²) in [4.78, 5) is 42.3.